The van der Waals surface area contributed by atoms with Crippen molar-refractivity contribution in [3.05, 3.63) is 0 Å². The first kappa shape index (κ1) is 7.60. The molecule has 0 aromatic heterocycles. The lowest BCUT2D eigenvalue weighted by molar-refractivity contribution is 0.0473. The molecular formula is C10H18O. The van der Waals surface area contributed by atoms with Crippen molar-refractivity contribution in [3.63, 3.8) is 0 Å². The quantitative estimate of drug-likeness (QED) is 0.614. The van der Waals surface area contributed by atoms with Crippen LogP contribution in [0.1, 0.15) is 44.9 Å². The van der Waals surface area contributed by atoms with Crippen molar-refractivity contribution >= 4 is 0 Å². The Kier molecular flexibility index (Phi) is 1.92. The molecule has 0 saturated heterocycles. The second kappa shape index (κ2) is 2.78. The van der Waals surface area contributed by atoms with Crippen LogP contribution in [0, 0.1) is 11.3 Å². The van der Waals surface area contributed by atoms with E-state index in [1.807, 2.05) is 0 Å². The van der Waals surface area contributed by atoms with Crippen LogP contribution < -0.4 is 0 Å². The van der Waals surface area contributed by atoms with Gasteiger partial charge in [-0.15, -0.1) is 0 Å². The predicted molar refractivity (Wildman–Crippen MR) is 45.3 cm³/mol. The van der Waals surface area contributed by atoms with Crippen LogP contribution in [0.15, 0.2) is 0 Å². The third-order valence-electron chi connectivity index (χ3n) is 3.89. The van der Waals surface area contributed by atoms with Gasteiger partial charge in [0.05, 0.1) is 0 Å². The molecule has 0 aromatic rings. The summed E-state index contributed by atoms with van der Waals surface area (Å²) in [5.41, 5.74) is 0.387. The Morgan fingerprint density at radius 3 is 2.55 bits per heavy atom. The predicted octanol–water partition coefficient (Wildman–Crippen LogP) is 2.34. The first-order valence-corrected chi connectivity index (χ1v) is 4.98. The van der Waals surface area contributed by atoms with Gasteiger partial charge in [-0.05, 0) is 37.0 Å². The minimum Gasteiger partial charge on any atom is -0.396 e. The molecule has 0 heterocycles. The molecule has 2 aliphatic rings. The average Bonchev–Trinajstić information content (AvgIpc) is 2.48. The largest absolute Gasteiger partial charge is 0.396 e. The van der Waals surface area contributed by atoms with E-state index in [-0.39, 0.29) is 0 Å². The second-order valence-corrected chi connectivity index (χ2v) is 4.36. The van der Waals surface area contributed by atoms with E-state index in [0.29, 0.717) is 12.0 Å². The van der Waals surface area contributed by atoms with E-state index in [2.05, 4.69) is 0 Å². The molecule has 0 aliphatic heterocycles. The molecule has 2 aliphatic carbocycles. The van der Waals surface area contributed by atoms with Crippen molar-refractivity contribution < 1.29 is 5.11 Å². The highest BCUT2D eigenvalue weighted by Gasteiger charge is 2.43. The van der Waals surface area contributed by atoms with Crippen molar-refractivity contribution in [1.82, 2.24) is 0 Å². The zero-order valence-electron chi connectivity index (χ0n) is 7.18. The van der Waals surface area contributed by atoms with E-state index >= 15 is 0 Å². The maximum atomic E-state index is 9.35. The summed E-state index contributed by atoms with van der Waals surface area (Å²) in [5, 5.41) is 9.35. The molecule has 0 amide bonds. The van der Waals surface area contributed by atoms with E-state index < -0.39 is 0 Å². The van der Waals surface area contributed by atoms with E-state index in [0.717, 1.165) is 5.92 Å². The Hall–Kier alpha value is -0.0400. The summed E-state index contributed by atoms with van der Waals surface area (Å²) >= 11 is 0. The van der Waals surface area contributed by atoms with E-state index in [1.54, 1.807) is 0 Å². The molecule has 1 nitrogen and oxygen atoms in total. The third kappa shape index (κ3) is 1.10. The van der Waals surface area contributed by atoms with Gasteiger partial charge in [0.1, 0.15) is 0 Å². The molecule has 1 heteroatoms. The first-order chi connectivity index (χ1) is 5.37. The zero-order valence-corrected chi connectivity index (χ0v) is 7.18. The lowest BCUT2D eigenvalue weighted by Gasteiger charge is -2.37. The number of aliphatic hydroxyl groups is 1. The van der Waals surface area contributed by atoms with Crippen molar-refractivity contribution in [2.45, 2.75) is 44.9 Å². The lowest BCUT2D eigenvalue weighted by atomic mass is 9.69. The molecule has 2 unspecified atom stereocenters. The summed E-state index contributed by atoms with van der Waals surface area (Å²) in [5.74, 6) is 0.876. The van der Waals surface area contributed by atoms with Gasteiger partial charge in [-0.3, -0.25) is 0 Å². The molecule has 2 rings (SSSR count). The molecule has 64 valence electrons. The number of hydrogen-bond acceptors (Lipinski definition) is 1. The minimum absolute atomic E-state index is 0.387. The van der Waals surface area contributed by atoms with Crippen molar-refractivity contribution in [2.24, 2.45) is 11.3 Å². The fourth-order valence-electron chi connectivity index (χ4n) is 3.15. The lowest BCUT2D eigenvalue weighted by Crippen LogP contribution is -2.32. The molecule has 2 atom stereocenters. The fourth-order valence-corrected chi connectivity index (χ4v) is 3.15. The Bertz CT molecular complexity index is 144. The molecular weight excluding hydrogens is 136 g/mol. The summed E-state index contributed by atoms with van der Waals surface area (Å²) in [4.78, 5) is 0. The maximum Gasteiger partial charge on any atom is 0.0490 e. The van der Waals surface area contributed by atoms with Gasteiger partial charge in [-0.25, -0.2) is 0 Å². The minimum atomic E-state index is 0.387. The van der Waals surface area contributed by atoms with Crippen molar-refractivity contribution in [1.29, 1.82) is 0 Å². The average molecular weight is 154 g/mol. The molecule has 1 N–H and O–H groups in total. The molecule has 11 heavy (non-hydrogen) atoms. The van der Waals surface area contributed by atoms with Gasteiger partial charge in [0, 0.05) is 6.61 Å². The van der Waals surface area contributed by atoms with Crippen LogP contribution in [0.25, 0.3) is 0 Å². The van der Waals surface area contributed by atoms with Gasteiger partial charge >= 0.3 is 0 Å². The molecule has 0 aromatic carbocycles. The van der Waals surface area contributed by atoms with E-state index in [9.17, 15) is 5.11 Å². The van der Waals surface area contributed by atoms with Crippen molar-refractivity contribution in [3.8, 4) is 0 Å². The highest BCUT2D eigenvalue weighted by molar-refractivity contribution is 4.93. The van der Waals surface area contributed by atoms with Crippen molar-refractivity contribution in [2.75, 3.05) is 6.61 Å². The second-order valence-electron chi connectivity index (χ2n) is 4.36. The van der Waals surface area contributed by atoms with Crippen LogP contribution in [0.2, 0.25) is 0 Å². The normalized spacial score (nSPS) is 43.9. The summed E-state index contributed by atoms with van der Waals surface area (Å²) in [7, 11) is 0. The van der Waals surface area contributed by atoms with E-state index in [4.69, 9.17) is 0 Å². The number of fused-ring (bicyclic) bond motifs is 1. The molecule has 2 saturated carbocycles. The van der Waals surface area contributed by atoms with Crippen LogP contribution in [0.4, 0.5) is 0 Å². The molecule has 0 bridgehead atoms. The van der Waals surface area contributed by atoms with Gasteiger partial charge in [0.15, 0.2) is 0 Å². The topological polar surface area (TPSA) is 20.2 Å². The SMILES string of the molecule is OCC12CCCCC1CCC2. The summed E-state index contributed by atoms with van der Waals surface area (Å²) < 4.78 is 0. The standard InChI is InChI=1S/C10H18O/c11-8-10-6-2-1-4-9(10)5-3-7-10/h9,11H,1-8H2. The van der Waals surface area contributed by atoms with Crippen LogP contribution in [-0.4, -0.2) is 11.7 Å². The smallest absolute Gasteiger partial charge is 0.0490 e. The van der Waals surface area contributed by atoms with Crippen LogP contribution in [0.5, 0.6) is 0 Å². The van der Waals surface area contributed by atoms with Crippen LogP contribution in [0.3, 0.4) is 0 Å². The fraction of sp³-hybridized carbons (Fsp3) is 1.00. The summed E-state index contributed by atoms with van der Waals surface area (Å²) in [6.07, 6.45) is 9.51. The third-order valence-corrected chi connectivity index (χ3v) is 3.89. The Morgan fingerprint density at radius 1 is 1.09 bits per heavy atom. The molecule has 0 spiro atoms. The Morgan fingerprint density at radius 2 is 1.82 bits per heavy atom. The molecule has 0 radical (unpaired) electrons. The van der Waals surface area contributed by atoms with Crippen LogP contribution in [-0.2, 0) is 0 Å². The summed E-state index contributed by atoms with van der Waals surface area (Å²) in [6, 6.07) is 0. The van der Waals surface area contributed by atoms with E-state index in [1.165, 1.54) is 44.9 Å². The van der Waals surface area contributed by atoms with Gasteiger partial charge in [0.25, 0.3) is 0 Å². The monoisotopic (exact) mass is 154 g/mol. The Labute approximate surface area is 68.8 Å². The number of hydrogen-bond donors (Lipinski definition) is 1. The first-order valence-electron chi connectivity index (χ1n) is 4.98. The highest BCUT2D eigenvalue weighted by Crippen LogP contribution is 2.51. The van der Waals surface area contributed by atoms with Gasteiger partial charge in [0.2, 0.25) is 0 Å². The number of aliphatic hydroxyl groups excluding tert-OH is 1. The Balaban J connectivity index is 2.12. The maximum absolute atomic E-state index is 9.35. The van der Waals surface area contributed by atoms with Gasteiger partial charge < -0.3 is 5.11 Å². The molecule has 2 fully saturated rings. The number of rotatable bonds is 1. The van der Waals surface area contributed by atoms with Crippen LogP contribution >= 0.6 is 0 Å². The summed E-state index contributed by atoms with van der Waals surface area (Å²) in [6.45, 7) is 0.456. The van der Waals surface area contributed by atoms with Gasteiger partial charge in [-0.1, -0.05) is 19.3 Å². The zero-order chi connectivity index (χ0) is 7.73. The highest BCUT2D eigenvalue weighted by atomic mass is 16.3. The van der Waals surface area contributed by atoms with Gasteiger partial charge in [-0.2, -0.15) is 0 Å².